The minimum absolute atomic E-state index is 0. The number of rotatable bonds is 8. The van der Waals surface area contributed by atoms with Crippen LogP contribution in [0.5, 0.6) is 0 Å². The highest BCUT2D eigenvalue weighted by molar-refractivity contribution is 5.85. The molecule has 1 aromatic heterocycles. The summed E-state index contributed by atoms with van der Waals surface area (Å²) >= 11 is 0. The maximum atomic E-state index is 12.8. The summed E-state index contributed by atoms with van der Waals surface area (Å²) < 4.78 is 5.16. The van der Waals surface area contributed by atoms with E-state index < -0.39 is 12.0 Å². The molecule has 0 radical (unpaired) electrons. The first-order chi connectivity index (χ1) is 14.4. The van der Waals surface area contributed by atoms with Gasteiger partial charge in [-0.25, -0.2) is 0 Å². The molecule has 3 heterocycles. The predicted octanol–water partition coefficient (Wildman–Crippen LogP) is 1.98. The number of aryl methyl sites for hydroxylation is 1. The summed E-state index contributed by atoms with van der Waals surface area (Å²) in [7, 11) is 0. The van der Waals surface area contributed by atoms with E-state index in [2.05, 4.69) is 21.9 Å². The molecule has 0 bridgehead atoms. The van der Waals surface area contributed by atoms with Crippen molar-refractivity contribution in [2.45, 2.75) is 51.5 Å². The Morgan fingerprint density at radius 2 is 2.23 bits per heavy atom. The zero-order valence-electron chi connectivity index (χ0n) is 17.8. The van der Waals surface area contributed by atoms with Gasteiger partial charge in [-0.2, -0.15) is 0 Å². The summed E-state index contributed by atoms with van der Waals surface area (Å²) in [5, 5.41) is 19.0. The molecule has 2 aliphatic rings. The molecule has 0 spiro atoms. The normalized spacial score (nSPS) is 19.7. The van der Waals surface area contributed by atoms with Gasteiger partial charge in [-0.05, 0) is 39.2 Å². The van der Waals surface area contributed by atoms with Crippen molar-refractivity contribution in [3.05, 3.63) is 29.2 Å². The van der Waals surface area contributed by atoms with Crippen LogP contribution in [0, 0.1) is 12.8 Å². The molecule has 3 N–H and O–H groups in total. The van der Waals surface area contributed by atoms with Crippen molar-refractivity contribution < 1.29 is 24.0 Å². The molecule has 1 saturated heterocycles. The molecule has 0 saturated carbocycles. The van der Waals surface area contributed by atoms with Gasteiger partial charge in [0.05, 0.1) is 18.0 Å². The third kappa shape index (κ3) is 7.36. The summed E-state index contributed by atoms with van der Waals surface area (Å²) in [6.45, 7) is 4.56. The molecule has 1 aromatic rings. The van der Waals surface area contributed by atoms with Crippen molar-refractivity contribution in [3.8, 4) is 0 Å². The van der Waals surface area contributed by atoms with E-state index in [-0.39, 0.29) is 36.6 Å². The molecule has 2 aliphatic heterocycles. The Bertz CT molecular complexity index is 809. The monoisotopic (exact) mass is 454 g/mol. The van der Waals surface area contributed by atoms with E-state index in [1.54, 1.807) is 17.9 Å². The Morgan fingerprint density at radius 1 is 1.42 bits per heavy atom. The Morgan fingerprint density at radius 3 is 2.87 bits per heavy atom. The van der Waals surface area contributed by atoms with Gasteiger partial charge in [0.15, 0.2) is 5.76 Å². The molecule has 172 valence electrons. The molecule has 0 aromatic carbocycles. The molecule has 2 atom stereocenters. The maximum Gasteiger partial charge on any atom is 0.305 e. The van der Waals surface area contributed by atoms with Gasteiger partial charge in [0, 0.05) is 32.1 Å². The highest BCUT2D eigenvalue weighted by Gasteiger charge is 2.31. The number of hydrogen-bond acceptors (Lipinski definition) is 6. The minimum Gasteiger partial charge on any atom is -0.481 e. The topological polar surface area (TPSA) is 125 Å². The average molecular weight is 455 g/mol. The highest BCUT2D eigenvalue weighted by atomic mass is 35.5. The first kappa shape index (κ1) is 24.9. The average Bonchev–Trinajstić information content (AvgIpc) is 3.18. The number of aromatic nitrogens is 1. The Labute approximate surface area is 188 Å². The summed E-state index contributed by atoms with van der Waals surface area (Å²) in [5.74, 6) is -1.26. The minimum atomic E-state index is -1.04. The van der Waals surface area contributed by atoms with Crippen molar-refractivity contribution in [1.82, 2.24) is 20.7 Å². The molecule has 2 amide bonds. The smallest absolute Gasteiger partial charge is 0.305 e. The largest absolute Gasteiger partial charge is 0.481 e. The highest BCUT2D eigenvalue weighted by Crippen LogP contribution is 2.23. The Hall–Kier alpha value is -2.39. The quantitative estimate of drug-likeness (QED) is 0.513. The van der Waals surface area contributed by atoms with Crippen LogP contribution < -0.4 is 10.6 Å². The number of piperidine rings is 1. The number of aliphatic carboxylic acids is 1. The summed E-state index contributed by atoms with van der Waals surface area (Å²) in [5.41, 5.74) is 1.93. The number of likely N-dealkylation sites (tertiary alicyclic amines) is 1. The van der Waals surface area contributed by atoms with Crippen LogP contribution in [0.4, 0.5) is 0 Å². The molecule has 10 heteroatoms. The van der Waals surface area contributed by atoms with Gasteiger partial charge in [-0.1, -0.05) is 16.8 Å². The summed E-state index contributed by atoms with van der Waals surface area (Å²) in [6, 6.07) is 0.842. The zero-order chi connectivity index (χ0) is 21.5. The number of nitrogens with one attached hydrogen (secondary N) is 2. The van der Waals surface area contributed by atoms with Crippen molar-refractivity contribution >= 4 is 30.2 Å². The van der Waals surface area contributed by atoms with Crippen molar-refractivity contribution in [1.29, 1.82) is 0 Å². The molecule has 3 rings (SSSR count). The van der Waals surface area contributed by atoms with Gasteiger partial charge in [0.1, 0.15) is 6.04 Å². The molecule has 1 fully saturated rings. The third-order valence-corrected chi connectivity index (χ3v) is 5.65. The second-order valence-electron chi connectivity index (χ2n) is 8.03. The number of carboxylic acid groups (broad SMARTS) is 1. The van der Waals surface area contributed by atoms with Crippen molar-refractivity contribution in [3.63, 3.8) is 0 Å². The van der Waals surface area contributed by atoms with Crippen LogP contribution in [0.25, 0.3) is 0 Å². The molecule has 31 heavy (non-hydrogen) atoms. The maximum absolute atomic E-state index is 12.8. The van der Waals surface area contributed by atoms with Gasteiger partial charge in [-0.15, -0.1) is 12.4 Å². The van der Waals surface area contributed by atoms with Crippen molar-refractivity contribution in [2.24, 2.45) is 5.92 Å². The van der Waals surface area contributed by atoms with E-state index in [0.29, 0.717) is 37.4 Å². The number of amides is 2. The number of carbonyl (C=O) groups is 3. The van der Waals surface area contributed by atoms with Crippen LogP contribution in [0.15, 0.2) is 22.2 Å². The van der Waals surface area contributed by atoms with Crippen LogP contribution in [0.3, 0.4) is 0 Å². The van der Waals surface area contributed by atoms with Gasteiger partial charge < -0.3 is 25.2 Å². The molecule has 9 nitrogen and oxygen atoms in total. The molecular weight excluding hydrogens is 424 g/mol. The van der Waals surface area contributed by atoms with E-state index in [0.717, 1.165) is 32.4 Å². The lowest BCUT2D eigenvalue weighted by atomic mass is 9.95. The lowest BCUT2D eigenvalue weighted by Crippen LogP contribution is -2.46. The molecule has 0 aliphatic carbocycles. The fraction of sp³-hybridized carbons (Fsp3) is 0.619. The van der Waals surface area contributed by atoms with E-state index in [4.69, 9.17) is 4.52 Å². The Balaban J connectivity index is 0.00000341. The first-order valence-electron chi connectivity index (χ1n) is 10.5. The number of halogens is 1. The summed E-state index contributed by atoms with van der Waals surface area (Å²) in [6.07, 6.45) is 5.48. The number of nitrogens with zero attached hydrogens (tertiary/aromatic N) is 2. The second kappa shape index (κ2) is 11.9. The standard InChI is InChI=1S/C21H30N4O5.ClH/c1-14-11-18(30-24-14)17(12-20(27)28)23-21(29)16-3-2-10-25(13-16)19(26)5-4-15-6-8-22-9-7-15;/h6,11,16-17,22H,2-5,7-10,12-13H2,1H3,(H,23,29)(H,27,28);1H/t16-,17+;/m1./s1. The van der Waals surface area contributed by atoms with E-state index in [1.165, 1.54) is 5.57 Å². The second-order valence-corrected chi connectivity index (χ2v) is 8.03. The summed E-state index contributed by atoms with van der Waals surface area (Å²) in [4.78, 5) is 38.5. The fourth-order valence-electron chi connectivity index (χ4n) is 3.97. The number of carboxylic acids is 1. The van der Waals surface area contributed by atoms with Gasteiger partial charge in [0.25, 0.3) is 0 Å². The van der Waals surface area contributed by atoms with Crippen LogP contribution in [0.1, 0.15) is 56.0 Å². The first-order valence-corrected chi connectivity index (χ1v) is 10.5. The van der Waals surface area contributed by atoms with Crippen LogP contribution in [-0.2, 0) is 14.4 Å². The zero-order valence-corrected chi connectivity index (χ0v) is 18.6. The predicted molar refractivity (Wildman–Crippen MR) is 116 cm³/mol. The van der Waals surface area contributed by atoms with E-state index in [1.807, 2.05) is 0 Å². The van der Waals surface area contributed by atoms with Crippen molar-refractivity contribution in [2.75, 3.05) is 26.2 Å². The fourth-order valence-corrected chi connectivity index (χ4v) is 3.97. The van der Waals surface area contributed by atoms with Crippen LogP contribution in [0.2, 0.25) is 0 Å². The lowest BCUT2D eigenvalue weighted by molar-refractivity contribution is -0.138. The van der Waals surface area contributed by atoms with E-state index >= 15 is 0 Å². The SMILES string of the molecule is Cc1cc([C@H](CC(=O)O)NC(=O)[C@@H]2CCCN(C(=O)CCC3=CCNCC3)C2)on1.Cl. The number of carbonyl (C=O) groups excluding carboxylic acids is 2. The van der Waals surface area contributed by atoms with Gasteiger partial charge in [0.2, 0.25) is 11.8 Å². The Kier molecular flexibility index (Phi) is 9.51. The van der Waals surface area contributed by atoms with Crippen LogP contribution in [-0.4, -0.2) is 59.1 Å². The third-order valence-electron chi connectivity index (χ3n) is 5.65. The lowest BCUT2D eigenvalue weighted by Gasteiger charge is -2.33. The molecule has 0 unspecified atom stereocenters. The van der Waals surface area contributed by atoms with Gasteiger partial charge in [-0.3, -0.25) is 14.4 Å². The number of hydrogen-bond donors (Lipinski definition) is 3. The van der Waals surface area contributed by atoms with Crippen LogP contribution >= 0.6 is 12.4 Å². The molecular formula is C21H31ClN4O5. The van der Waals surface area contributed by atoms with E-state index in [9.17, 15) is 19.5 Å². The van der Waals surface area contributed by atoms with Gasteiger partial charge >= 0.3 is 5.97 Å².